The Morgan fingerprint density at radius 1 is 0.826 bits per heavy atom. The number of hydrogen-bond acceptors (Lipinski definition) is 1. The van der Waals surface area contributed by atoms with Gasteiger partial charge in [0.05, 0.1) is 7.11 Å². The minimum Gasteiger partial charge on any atom is -0.497 e. The van der Waals surface area contributed by atoms with Crippen LogP contribution in [0.15, 0.2) is 45.3 Å². The van der Waals surface area contributed by atoms with E-state index in [0.29, 0.717) is 0 Å². The molecule has 3 heteroatoms. The molecule has 0 aromatic heterocycles. The maximum Gasteiger partial charge on any atom is 0.118 e. The highest BCUT2D eigenvalue weighted by atomic mass is 79.9. The minimum absolute atomic E-state index is 0.105. The molecule has 0 radical (unpaired) electrons. The van der Waals surface area contributed by atoms with Crippen molar-refractivity contribution in [1.82, 2.24) is 0 Å². The predicted octanol–water partition coefficient (Wildman–Crippen LogP) is 6.84. The zero-order chi connectivity index (χ0) is 17.4. The van der Waals surface area contributed by atoms with Gasteiger partial charge >= 0.3 is 0 Å². The number of rotatable bonds is 3. The fraction of sp³-hybridized carbons (Fsp3) is 0.400. The molecule has 0 spiro atoms. The van der Waals surface area contributed by atoms with Gasteiger partial charge in [0.25, 0.3) is 0 Å². The summed E-state index contributed by atoms with van der Waals surface area (Å²) < 4.78 is 7.49. The number of ether oxygens (including phenoxy) is 1. The summed E-state index contributed by atoms with van der Waals surface area (Å²) in [6.45, 7) is 11.2. The summed E-state index contributed by atoms with van der Waals surface area (Å²) in [6.07, 6.45) is 0. The van der Waals surface area contributed by atoms with Crippen molar-refractivity contribution in [3.63, 3.8) is 0 Å². The van der Waals surface area contributed by atoms with Gasteiger partial charge in [-0.15, -0.1) is 0 Å². The molecule has 23 heavy (non-hydrogen) atoms. The second kappa shape index (κ2) is 6.60. The van der Waals surface area contributed by atoms with E-state index in [0.717, 1.165) is 14.7 Å². The molecule has 0 atom stereocenters. The first kappa shape index (κ1) is 18.5. The van der Waals surface area contributed by atoms with E-state index in [4.69, 9.17) is 4.74 Å². The molecule has 0 bridgehead atoms. The van der Waals surface area contributed by atoms with Crippen LogP contribution in [0.1, 0.15) is 51.3 Å². The van der Waals surface area contributed by atoms with Crippen LogP contribution in [-0.2, 0) is 10.8 Å². The molecule has 0 aliphatic carbocycles. The van der Waals surface area contributed by atoms with Gasteiger partial charge in [-0.3, -0.25) is 0 Å². The average Bonchev–Trinajstić information content (AvgIpc) is 2.48. The highest BCUT2D eigenvalue weighted by Crippen LogP contribution is 2.42. The van der Waals surface area contributed by atoms with E-state index >= 15 is 0 Å². The number of benzene rings is 2. The lowest BCUT2D eigenvalue weighted by Crippen LogP contribution is -2.21. The Morgan fingerprint density at radius 2 is 1.39 bits per heavy atom. The Kier molecular flexibility index (Phi) is 5.32. The summed E-state index contributed by atoms with van der Waals surface area (Å²) in [5.74, 6) is 0.883. The number of hydrogen-bond donors (Lipinski definition) is 0. The van der Waals surface area contributed by atoms with Gasteiger partial charge in [-0.2, -0.15) is 0 Å². The van der Waals surface area contributed by atoms with Crippen molar-refractivity contribution in [1.29, 1.82) is 0 Å². The first-order valence-electron chi connectivity index (χ1n) is 7.72. The lowest BCUT2D eigenvalue weighted by Gasteiger charge is -2.30. The van der Waals surface area contributed by atoms with Gasteiger partial charge in [-0.1, -0.05) is 52.8 Å². The van der Waals surface area contributed by atoms with Crippen molar-refractivity contribution in [2.24, 2.45) is 0 Å². The molecule has 0 aliphatic rings. The molecule has 0 saturated heterocycles. The standard InChI is InChI=1S/C20H24Br2O/c1-19(2,3)14-11-16(18(22)17(21)12-14)20(4,5)13-7-9-15(23-6)10-8-13/h7-12H,1-6H3. The quantitative estimate of drug-likeness (QED) is 0.508. The molecule has 0 unspecified atom stereocenters. The summed E-state index contributed by atoms with van der Waals surface area (Å²) in [4.78, 5) is 0. The molecule has 1 nitrogen and oxygen atoms in total. The van der Waals surface area contributed by atoms with Gasteiger partial charge in [0.2, 0.25) is 0 Å². The van der Waals surface area contributed by atoms with Crippen LogP contribution in [0.3, 0.4) is 0 Å². The van der Waals surface area contributed by atoms with Crippen LogP contribution >= 0.6 is 31.9 Å². The van der Waals surface area contributed by atoms with Crippen LogP contribution in [0.25, 0.3) is 0 Å². The van der Waals surface area contributed by atoms with Crippen molar-refractivity contribution in [3.05, 3.63) is 62.0 Å². The molecule has 2 aromatic carbocycles. The van der Waals surface area contributed by atoms with Crippen LogP contribution < -0.4 is 4.74 Å². The van der Waals surface area contributed by atoms with Crippen molar-refractivity contribution in [2.45, 2.75) is 45.4 Å². The van der Waals surface area contributed by atoms with Crippen molar-refractivity contribution in [3.8, 4) is 5.75 Å². The second-order valence-corrected chi connectivity index (χ2v) is 9.07. The van der Waals surface area contributed by atoms with Crippen molar-refractivity contribution >= 4 is 31.9 Å². The normalized spacial score (nSPS) is 12.3. The summed E-state index contributed by atoms with van der Waals surface area (Å²) in [5.41, 5.74) is 3.85. The van der Waals surface area contributed by atoms with Crippen molar-refractivity contribution < 1.29 is 4.74 Å². The summed E-state index contributed by atoms with van der Waals surface area (Å²) in [6, 6.07) is 12.9. The van der Waals surface area contributed by atoms with Gasteiger partial charge in [0.1, 0.15) is 5.75 Å². The van der Waals surface area contributed by atoms with Gasteiger partial charge in [0, 0.05) is 14.4 Å². The Bertz CT molecular complexity index is 695. The van der Waals surface area contributed by atoms with Crippen LogP contribution in [0, 0.1) is 0 Å². The first-order valence-corrected chi connectivity index (χ1v) is 9.30. The molecule has 0 saturated carbocycles. The van der Waals surface area contributed by atoms with E-state index in [1.54, 1.807) is 7.11 Å². The largest absolute Gasteiger partial charge is 0.497 e. The summed E-state index contributed by atoms with van der Waals surface area (Å²) in [7, 11) is 1.70. The molecule has 0 heterocycles. The Morgan fingerprint density at radius 3 is 1.87 bits per heavy atom. The molecule has 0 fully saturated rings. The molecule has 2 rings (SSSR count). The molecular weight excluding hydrogens is 416 g/mol. The SMILES string of the molecule is COc1ccc(C(C)(C)c2cc(C(C)(C)C)cc(Br)c2Br)cc1. The molecule has 0 aliphatic heterocycles. The Hall–Kier alpha value is -0.800. The van der Waals surface area contributed by atoms with Crippen molar-refractivity contribution in [2.75, 3.05) is 7.11 Å². The second-order valence-electron chi connectivity index (χ2n) is 7.42. The van der Waals surface area contributed by atoms with Gasteiger partial charge in [0.15, 0.2) is 0 Å². The molecular formula is C20H24Br2O. The fourth-order valence-electron chi connectivity index (χ4n) is 2.64. The van der Waals surface area contributed by atoms with E-state index in [1.807, 2.05) is 12.1 Å². The maximum absolute atomic E-state index is 5.28. The maximum atomic E-state index is 5.28. The number of halogens is 2. The van der Waals surface area contributed by atoms with Gasteiger partial charge in [-0.25, -0.2) is 0 Å². The number of methoxy groups -OCH3 is 1. The summed E-state index contributed by atoms with van der Waals surface area (Å²) >= 11 is 7.48. The third kappa shape index (κ3) is 3.83. The van der Waals surface area contributed by atoms with Gasteiger partial charge in [-0.05, 0) is 72.2 Å². The molecule has 2 aromatic rings. The summed E-state index contributed by atoms with van der Waals surface area (Å²) in [5, 5.41) is 0. The van der Waals surface area contributed by atoms with E-state index < -0.39 is 0 Å². The highest BCUT2D eigenvalue weighted by Gasteiger charge is 2.28. The lowest BCUT2D eigenvalue weighted by molar-refractivity contribution is 0.414. The fourth-order valence-corrected chi connectivity index (χ4v) is 3.82. The Balaban J connectivity index is 2.59. The topological polar surface area (TPSA) is 9.23 Å². The van der Waals surface area contributed by atoms with Crippen LogP contribution in [0.4, 0.5) is 0 Å². The zero-order valence-corrected chi connectivity index (χ0v) is 17.8. The van der Waals surface area contributed by atoms with E-state index in [1.165, 1.54) is 16.7 Å². The van der Waals surface area contributed by atoms with Gasteiger partial charge < -0.3 is 4.74 Å². The molecule has 0 amide bonds. The van der Waals surface area contributed by atoms with Crippen LogP contribution in [-0.4, -0.2) is 7.11 Å². The smallest absolute Gasteiger partial charge is 0.118 e. The lowest BCUT2D eigenvalue weighted by atomic mass is 9.75. The zero-order valence-electron chi connectivity index (χ0n) is 14.6. The first-order chi connectivity index (χ1) is 10.6. The third-order valence-corrected chi connectivity index (χ3v) is 6.39. The Labute approximate surface area is 156 Å². The average molecular weight is 440 g/mol. The van der Waals surface area contributed by atoms with Crippen LogP contribution in [0.2, 0.25) is 0 Å². The third-order valence-electron chi connectivity index (χ3n) is 4.38. The predicted molar refractivity (Wildman–Crippen MR) is 106 cm³/mol. The monoisotopic (exact) mass is 438 g/mol. The van der Waals surface area contributed by atoms with E-state index in [-0.39, 0.29) is 10.8 Å². The minimum atomic E-state index is -0.116. The molecule has 0 N–H and O–H groups in total. The van der Waals surface area contributed by atoms with E-state index in [9.17, 15) is 0 Å². The van der Waals surface area contributed by atoms with E-state index in [2.05, 4.69) is 90.7 Å². The molecule has 124 valence electrons. The highest BCUT2D eigenvalue weighted by molar-refractivity contribution is 9.13. The van der Waals surface area contributed by atoms with Crippen LogP contribution in [0.5, 0.6) is 5.75 Å².